The fourth-order valence-electron chi connectivity index (χ4n) is 1.60. The highest BCUT2D eigenvalue weighted by molar-refractivity contribution is 5.91. The average molecular weight is 264 g/mol. The molecular weight excluding hydrogens is 244 g/mol. The van der Waals surface area contributed by atoms with Gasteiger partial charge in [0.25, 0.3) is 0 Å². The van der Waals surface area contributed by atoms with Crippen molar-refractivity contribution in [2.75, 3.05) is 27.2 Å². The lowest BCUT2D eigenvalue weighted by Crippen LogP contribution is -2.35. The average Bonchev–Trinajstić information content (AvgIpc) is 2.45. The highest BCUT2D eigenvalue weighted by Gasteiger charge is 2.11. The van der Waals surface area contributed by atoms with Crippen molar-refractivity contribution in [3.63, 3.8) is 0 Å². The molecule has 0 bridgehead atoms. The van der Waals surface area contributed by atoms with Crippen LogP contribution in [0.15, 0.2) is 24.3 Å². The molecule has 1 aromatic rings. The highest BCUT2D eigenvalue weighted by atomic mass is 16.5. The first-order valence-corrected chi connectivity index (χ1v) is 6.21. The van der Waals surface area contributed by atoms with Crippen molar-refractivity contribution >= 4 is 11.9 Å². The van der Waals surface area contributed by atoms with Crippen LogP contribution in [-0.4, -0.2) is 44.0 Å². The van der Waals surface area contributed by atoms with E-state index < -0.39 is 0 Å². The number of amides is 1. The number of methoxy groups -OCH3 is 1. The Balaban J connectivity index is 2.59. The van der Waals surface area contributed by atoms with Gasteiger partial charge in [-0.15, -0.1) is 0 Å². The van der Waals surface area contributed by atoms with E-state index in [2.05, 4.69) is 5.32 Å². The standard InChI is InChI=1S/C14H20N2O3/c1-4-16(2)13(17)10-15-9-11-7-5-6-8-12(11)14(18)19-3/h5-8,15H,4,9-10H2,1-3H3. The third-order valence-electron chi connectivity index (χ3n) is 2.91. The van der Waals surface area contributed by atoms with Crippen LogP contribution in [0.3, 0.4) is 0 Å². The lowest BCUT2D eigenvalue weighted by atomic mass is 10.1. The number of esters is 1. The summed E-state index contributed by atoms with van der Waals surface area (Å²) in [5.41, 5.74) is 1.34. The Morgan fingerprint density at radius 1 is 1.32 bits per heavy atom. The number of benzene rings is 1. The third-order valence-corrected chi connectivity index (χ3v) is 2.91. The van der Waals surface area contributed by atoms with E-state index in [9.17, 15) is 9.59 Å². The van der Waals surface area contributed by atoms with E-state index in [1.165, 1.54) is 7.11 Å². The molecular formula is C14H20N2O3. The first-order valence-electron chi connectivity index (χ1n) is 6.21. The van der Waals surface area contributed by atoms with Crippen LogP contribution in [0.4, 0.5) is 0 Å². The summed E-state index contributed by atoms with van der Waals surface area (Å²) in [7, 11) is 3.11. The summed E-state index contributed by atoms with van der Waals surface area (Å²) in [5.74, 6) is -0.340. The molecule has 0 aliphatic heterocycles. The summed E-state index contributed by atoms with van der Waals surface area (Å²) in [4.78, 5) is 24.8. The Morgan fingerprint density at radius 2 is 2.00 bits per heavy atom. The van der Waals surface area contributed by atoms with E-state index >= 15 is 0 Å². The summed E-state index contributed by atoms with van der Waals surface area (Å²) >= 11 is 0. The molecule has 19 heavy (non-hydrogen) atoms. The SMILES string of the molecule is CCN(C)C(=O)CNCc1ccccc1C(=O)OC. The Hall–Kier alpha value is -1.88. The molecule has 0 spiro atoms. The van der Waals surface area contributed by atoms with Crippen LogP contribution in [0, 0.1) is 0 Å². The van der Waals surface area contributed by atoms with Crippen LogP contribution in [0.1, 0.15) is 22.8 Å². The van der Waals surface area contributed by atoms with Gasteiger partial charge in [0.1, 0.15) is 0 Å². The molecule has 0 aliphatic carbocycles. The Bertz CT molecular complexity index is 446. The molecule has 0 saturated heterocycles. The topological polar surface area (TPSA) is 58.6 Å². The summed E-state index contributed by atoms with van der Waals surface area (Å²) < 4.78 is 4.72. The fraction of sp³-hybridized carbons (Fsp3) is 0.429. The lowest BCUT2D eigenvalue weighted by molar-refractivity contribution is -0.128. The predicted molar refractivity (Wildman–Crippen MR) is 72.8 cm³/mol. The molecule has 1 aromatic carbocycles. The quantitative estimate of drug-likeness (QED) is 0.780. The first-order chi connectivity index (χ1) is 9.10. The van der Waals surface area contributed by atoms with E-state index in [1.54, 1.807) is 24.1 Å². The molecule has 0 aliphatic rings. The minimum absolute atomic E-state index is 0.0260. The summed E-state index contributed by atoms with van der Waals surface area (Å²) in [6.07, 6.45) is 0. The monoisotopic (exact) mass is 264 g/mol. The van der Waals surface area contributed by atoms with Crippen LogP contribution in [0.5, 0.6) is 0 Å². The number of rotatable bonds is 6. The highest BCUT2D eigenvalue weighted by Crippen LogP contribution is 2.09. The zero-order chi connectivity index (χ0) is 14.3. The first kappa shape index (κ1) is 15.2. The van der Waals surface area contributed by atoms with Crippen molar-refractivity contribution in [3.8, 4) is 0 Å². The van der Waals surface area contributed by atoms with E-state index in [4.69, 9.17) is 4.74 Å². The summed E-state index contributed by atoms with van der Waals surface area (Å²) in [5, 5.41) is 3.04. The van der Waals surface area contributed by atoms with Gasteiger partial charge in [-0.3, -0.25) is 4.79 Å². The predicted octanol–water partition coefficient (Wildman–Crippen LogP) is 1.04. The molecule has 5 nitrogen and oxygen atoms in total. The fourth-order valence-corrected chi connectivity index (χ4v) is 1.60. The van der Waals surface area contributed by atoms with E-state index in [0.29, 0.717) is 18.7 Å². The molecule has 0 unspecified atom stereocenters. The number of carbonyl (C=O) groups is 2. The number of ether oxygens (including phenoxy) is 1. The van der Waals surface area contributed by atoms with Gasteiger partial charge in [-0.1, -0.05) is 18.2 Å². The minimum atomic E-state index is -0.366. The molecule has 5 heteroatoms. The lowest BCUT2D eigenvalue weighted by Gasteiger charge is -2.15. The molecule has 1 rings (SSSR count). The molecule has 0 radical (unpaired) electrons. The van der Waals surface area contributed by atoms with Crippen LogP contribution in [-0.2, 0) is 16.1 Å². The number of hydrogen-bond donors (Lipinski definition) is 1. The van der Waals surface area contributed by atoms with Crippen LogP contribution in [0.25, 0.3) is 0 Å². The van der Waals surface area contributed by atoms with Gasteiger partial charge in [-0.05, 0) is 18.6 Å². The molecule has 0 saturated carbocycles. The van der Waals surface area contributed by atoms with Crippen molar-refractivity contribution in [1.29, 1.82) is 0 Å². The Labute approximate surface area is 113 Å². The minimum Gasteiger partial charge on any atom is -0.465 e. The Kier molecular flexibility index (Phi) is 6.02. The normalized spacial score (nSPS) is 10.1. The van der Waals surface area contributed by atoms with Gasteiger partial charge in [0, 0.05) is 20.1 Å². The van der Waals surface area contributed by atoms with Crippen LogP contribution < -0.4 is 5.32 Å². The molecule has 104 valence electrons. The molecule has 0 fully saturated rings. The number of nitrogens with zero attached hydrogens (tertiary/aromatic N) is 1. The largest absolute Gasteiger partial charge is 0.465 e. The number of carbonyl (C=O) groups excluding carboxylic acids is 2. The second-order valence-electron chi connectivity index (χ2n) is 4.16. The van der Waals surface area contributed by atoms with Gasteiger partial charge in [-0.25, -0.2) is 4.79 Å². The van der Waals surface area contributed by atoms with Crippen LogP contribution >= 0.6 is 0 Å². The molecule has 0 heterocycles. The van der Waals surface area contributed by atoms with Crippen molar-refractivity contribution in [3.05, 3.63) is 35.4 Å². The maximum absolute atomic E-state index is 11.6. The number of nitrogens with one attached hydrogen (secondary N) is 1. The number of likely N-dealkylation sites (N-methyl/N-ethyl adjacent to an activating group) is 1. The van der Waals surface area contributed by atoms with Gasteiger partial charge in [0.15, 0.2) is 0 Å². The van der Waals surface area contributed by atoms with Gasteiger partial charge < -0.3 is 15.0 Å². The van der Waals surface area contributed by atoms with Gasteiger partial charge in [0.2, 0.25) is 5.91 Å². The zero-order valence-electron chi connectivity index (χ0n) is 11.6. The van der Waals surface area contributed by atoms with Gasteiger partial charge in [0.05, 0.1) is 19.2 Å². The third kappa shape index (κ3) is 4.37. The second kappa shape index (κ2) is 7.53. The maximum Gasteiger partial charge on any atom is 0.338 e. The molecule has 1 amide bonds. The van der Waals surface area contributed by atoms with Gasteiger partial charge >= 0.3 is 5.97 Å². The van der Waals surface area contributed by atoms with E-state index in [-0.39, 0.29) is 18.4 Å². The van der Waals surface area contributed by atoms with E-state index in [1.807, 2.05) is 19.1 Å². The molecule has 1 N–H and O–H groups in total. The molecule has 0 aromatic heterocycles. The van der Waals surface area contributed by atoms with Crippen molar-refractivity contribution in [1.82, 2.24) is 10.2 Å². The number of hydrogen-bond acceptors (Lipinski definition) is 4. The zero-order valence-corrected chi connectivity index (χ0v) is 11.6. The maximum atomic E-state index is 11.6. The summed E-state index contributed by atoms with van der Waals surface area (Å²) in [6.45, 7) is 3.30. The van der Waals surface area contributed by atoms with Crippen molar-refractivity contribution < 1.29 is 14.3 Å². The van der Waals surface area contributed by atoms with Gasteiger partial charge in [-0.2, -0.15) is 0 Å². The van der Waals surface area contributed by atoms with E-state index in [0.717, 1.165) is 5.56 Å². The smallest absolute Gasteiger partial charge is 0.338 e. The van der Waals surface area contributed by atoms with Crippen LogP contribution in [0.2, 0.25) is 0 Å². The van der Waals surface area contributed by atoms with Crippen molar-refractivity contribution in [2.24, 2.45) is 0 Å². The van der Waals surface area contributed by atoms with Crippen molar-refractivity contribution in [2.45, 2.75) is 13.5 Å². The summed E-state index contributed by atoms with van der Waals surface area (Å²) in [6, 6.07) is 7.19. The second-order valence-corrected chi connectivity index (χ2v) is 4.16. The Morgan fingerprint density at radius 3 is 2.63 bits per heavy atom. The molecule has 0 atom stereocenters.